The predicted octanol–water partition coefficient (Wildman–Crippen LogP) is 4.88. The van der Waals surface area contributed by atoms with Crippen molar-refractivity contribution in [3.8, 4) is 0 Å². The van der Waals surface area contributed by atoms with Gasteiger partial charge in [0.05, 0.1) is 5.69 Å². The van der Waals surface area contributed by atoms with Crippen LogP contribution in [-0.4, -0.2) is 0 Å². The smallest absolute Gasteiger partial charge is 0.129 e. The molecule has 0 saturated heterocycles. The summed E-state index contributed by atoms with van der Waals surface area (Å²) in [5.74, 6) is 0.500. The van der Waals surface area contributed by atoms with E-state index in [0.29, 0.717) is 11.3 Å². The van der Waals surface area contributed by atoms with Crippen LogP contribution >= 0.6 is 0 Å². The van der Waals surface area contributed by atoms with Crippen LogP contribution in [0.1, 0.15) is 69.6 Å². The highest BCUT2D eigenvalue weighted by molar-refractivity contribution is 5.61. The standard InChI is InChI=1S/C13H15FN2.2C2H6/c1-7-8-6-15-16-11(8)4-10(14)12(7)9-5-13(9)2-3-13;2*1-2/h4,9,15-16H,2-3,5-6H2,1H3;2*1-2H3. The van der Waals surface area contributed by atoms with Gasteiger partial charge in [0.1, 0.15) is 5.82 Å². The van der Waals surface area contributed by atoms with Crippen LogP contribution in [0.2, 0.25) is 0 Å². The van der Waals surface area contributed by atoms with Crippen molar-refractivity contribution in [2.75, 3.05) is 5.43 Å². The van der Waals surface area contributed by atoms with E-state index in [1.807, 2.05) is 27.7 Å². The second kappa shape index (κ2) is 5.72. The Hall–Kier alpha value is -1.09. The van der Waals surface area contributed by atoms with E-state index in [9.17, 15) is 4.39 Å². The minimum atomic E-state index is -0.0128. The van der Waals surface area contributed by atoms with E-state index in [4.69, 9.17) is 0 Å². The minimum absolute atomic E-state index is 0.0128. The highest BCUT2D eigenvalue weighted by Gasteiger charge is 2.64. The van der Waals surface area contributed by atoms with Crippen LogP contribution in [0, 0.1) is 18.2 Å². The SMILES string of the molecule is CC.CC.Cc1c2c(cc(F)c1C1CC13CC3)NNC2. The molecule has 1 spiro atoms. The average molecular weight is 278 g/mol. The zero-order valence-electron chi connectivity index (χ0n) is 13.4. The van der Waals surface area contributed by atoms with Crippen molar-refractivity contribution in [3.05, 3.63) is 28.6 Å². The van der Waals surface area contributed by atoms with Crippen molar-refractivity contribution < 1.29 is 4.39 Å². The third kappa shape index (κ3) is 2.32. The van der Waals surface area contributed by atoms with Crippen molar-refractivity contribution in [1.82, 2.24) is 5.43 Å². The third-order valence-electron chi connectivity index (χ3n) is 4.63. The van der Waals surface area contributed by atoms with Gasteiger partial charge >= 0.3 is 0 Å². The number of anilines is 1. The molecule has 2 saturated carbocycles. The Bertz CT molecular complexity index is 492. The zero-order chi connectivity index (χ0) is 14.9. The molecule has 2 nitrogen and oxygen atoms in total. The molecule has 1 aliphatic heterocycles. The van der Waals surface area contributed by atoms with Gasteiger partial charge in [0.25, 0.3) is 0 Å². The molecule has 0 amide bonds. The van der Waals surface area contributed by atoms with Crippen LogP contribution in [0.15, 0.2) is 6.07 Å². The van der Waals surface area contributed by atoms with E-state index in [1.54, 1.807) is 6.07 Å². The van der Waals surface area contributed by atoms with Gasteiger partial charge in [-0.2, -0.15) is 0 Å². The molecule has 2 aliphatic carbocycles. The second-order valence-corrected chi connectivity index (χ2v) is 5.52. The topological polar surface area (TPSA) is 24.1 Å². The van der Waals surface area contributed by atoms with Crippen molar-refractivity contribution in [2.45, 2.75) is 66.3 Å². The molecule has 0 aromatic heterocycles. The van der Waals surface area contributed by atoms with Gasteiger partial charge < -0.3 is 5.43 Å². The molecule has 2 fully saturated rings. The van der Waals surface area contributed by atoms with E-state index < -0.39 is 0 Å². The number of hydrogen-bond acceptors (Lipinski definition) is 2. The fourth-order valence-corrected chi connectivity index (χ4v) is 3.30. The molecule has 1 atom stereocenters. The molecule has 1 unspecified atom stereocenters. The number of fused-ring (bicyclic) bond motifs is 1. The molecule has 1 aromatic carbocycles. The molecule has 0 radical (unpaired) electrons. The summed E-state index contributed by atoms with van der Waals surface area (Å²) in [7, 11) is 0. The van der Waals surface area contributed by atoms with Crippen molar-refractivity contribution >= 4 is 5.69 Å². The lowest BCUT2D eigenvalue weighted by Gasteiger charge is -2.11. The summed E-state index contributed by atoms with van der Waals surface area (Å²) in [5.41, 5.74) is 10.9. The number of nitrogens with one attached hydrogen (secondary N) is 2. The second-order valence-electron chi connectivity index (χ2n) is 5.52. The molecule has 4 rings (SSSR count). The van der Waals surface area contributed by atoms with Gasteiger partial charge in [0.15, 0.2) is 0 Å². The summed E-state index contributed by atoms with van der Waals surface area (Å²) in [6.45, 7) is 10.9. The maximum atomic E-state index is 14.1. The summed E-state index contributed by atoms with van der Waals surface area (Å²) < 4.78 is 14.1. The van der Waals surface area contributed by atoms with Crippen LogP contribution in [0.5, 0.6) is 0 Å². The summed E-state index contributed by atoms with van der Waals surface area (Å²) >= 11 is 0. The largest absolute Gasteiger partial charge is 0.321 e. The summed E-state index contributed by atoms with van der Waals surface area (Å²) in [4.78, 5) is 0. The lowest BCUT2D eigenvalue weighted by molar-refractivity contribution is 0.603. The third-order valence-corrected chi connectivity index (χ3v) is 4.63. The Balaban J connectivity index is 0.000000340. The average Bonchev–Trinajstić information content (AvgIpc) is 3.35. The molecule has 112 valence electrons. The summed E-state index contributed by atoms with van der Waals surface area (Å²) in [6.07, 6.45) is 3.83. The van der Waals surface area contributed by atoms with Crippen molar-refractivity contribution in [2.24, 2.45) is 5.41 Å². The van der Waals surface area contributed by atoms with Gasteiger partial charge in [-0.05, 0) is 60.3 Å². The lowest BCUT2D eigenvalue weighted by Crippen LogP contribution is -2.10. The lowest BCUT2D eigenvalue weighted by atomic mass is 9.96. The zero-order valence-corrected chi connectivity index (χ0v) is 13.4. The van der Waals surface area contributed by atoms with Crippen LogP contribution in [-0.2, 0) is 6.54 Å². The first kappa shape index (κ1) is 15.3. The quantitative estimate of drug-likeness (QED) is 0.764. The van der Waals surface area contributed by atoms with Gasteiger partial charge in [0.2, 0.25) is 0 Å². The first-order valence-corrected chi connectivity index (χ1v) is 8.02. The van der Waals surface area contributed by atoms with E-state index in [2.05, 4.69) is 17.8 Å². The Kier molecular flexibility index (Phi) is 4.38. The monoisotopic (exact) mass is 278 g/mol. The number of benzene rings is 1. The molecule has 1 aromatic rings. The maximum absolute atomic E-state index is 14.1. The van der Waals surface area contributed by atoms with Crippen LogP contribution in [0.4, 0.5) is 10.1 Å². The first-order chi connectivity index (χ1) is 9.71. The van der Waals surface area contributed by atoms with Crippen LogP contribution < -0.4 is 10.9 Å². The van der Waals surface area contributed by atoms with Gasteiger partial charge in [0, 0.05) is 6.54 Å². The highest BCUT2D eigenvalue weighted by atomic mass is 19.1. The fraction of sp³-hybridized carbons (Fsp3) is 0.647. The molecule has 1 heterocycles. The van der Waals surface area contributed by atoms with Gasteiger partial charge in [-0.3, -0.25) is 0 Å². The first-order valence-electron chi connectivity index (χ1n) is 8.02. The molecule has 3 aliphatic rings. The van der Waals surface area contributed by atoms with Crippen LogP contribution in [0.3, 0.4) is 0 Å². The van der Waals surface area contributed by atoms with E-state index >= 15 is 0 Å². The molecule has 20 heavy (non-hydrogen) atoms. The van der Waals surface area contributed by atoms with E-state index in [0.717, 1.165) is 17.8 Å². The fourth-order valence-electron chi connectivity index (χ4n) is 3.30. The molecular formula is C17H27FN2. The summed E-state index contributed by atoms with van der Waals surface area (Å²) in [5, 5.41) is 0. The predicted molar refractivity (Wildman–Crippen MR) is 83.3 cm³/mol. The molecule has 3 heteroatoms. The maximum Gasteiger partial charge on any atom is 0.129 e. The Morgan fingerprint density at radius 3 is 2.40 bits per heavy atom. The minimum Gasteiger partial charge on any atom is -0.321 e. The van der Waals surface area contributed by atoms with Crippen molar-refractivity contribution in [1.29, 1.82) is 0 Å². The number of halogens is 1. The number of hydrogen-bond donors (Lipinski definition) is 2. The molecular weight excluding hydrogens is 251 g/mol. The summed E-state index contributed by atoms with van der Waals surface area (Å²) in [6, 6.07) is 1.66. The molecule has 0 bridgehead atoms. The number of rotatable bonds is 1. The van der Waals surface area contributed by atoms with E-state index in [1.165, 1.54) is 30.4 Å². The normalized spacial score (nSPS) is 22.8. The van der Waals surface area contributed by atoms with Gasteiger partial charge in [-0.15, -0.1) is 0 Å². The molecule has 2 N–H and O–H groups in total. The highest BCUT2D eigenvalue weighted by Crippen LogP contribution is 2.75. The Morgan fingerprint density at radius 1 is 1.20 bits per heavy atom. The Labute approximate surface area is 122 Å². The Morgan fingerprint density at radius 2 is 1.85 bits per heavy atom. The number of hydrazine groups is 1. The van der Waals surface area contributed by atoms with Crippen LogP contribution in [0.25, 0.3) is 0 Å². The van der Waals surface area contributed by atoms with Gasteiger partial charge in [-0.25, -0.2) is 9.82 Å². The van der Waals surface area contributed by atoms with E-state index in [-0.39, 0.29) is 5.82 Å². The van der Waals surface area contributed by atoms with Crippen molar-refractivity contribution in [3.63, 3.8) is 0 Å². The van der Waals surface area contributed by atoms with Gasteiger partial charge in [-0.1, -0.05) is 27.7 Å².